The number of carbonyl (C=O) groups excluding carboxylic acids is 1. The summed E-state index contributed by atoms with van der Waals surface area (Å²) in [4.78, 5) is 11.6. The molecule has 0 bridgehead atoms. The van der Waals surface area contributed by atoms with E-state index in [4.69, 9.17) is 11.6 Å². The fourth-order valence-corrected chi connectivity index (χ4v) is 1.76. The van der Waals surface area contributed by atoms with Crippen LogP contribution in [0, 0.1) is 0 Å². The maximum atomic E-state index is 11.6. The van der Waals surface area contributed by atoms with E-state index in [1.165, 1.54) is 0 Å². The number of phenolic OH excluding ortho intramolecular Hbond substituents is 1. The quantitative estimate of drug-likeness (QED) is 0.607. The molecule has 0 heterocycles. The van der Waals surface area contributed by atoms with Crippen LogP contribution in [0.1, 0.15) is 37.8 Å². The third-order valence-corrected chi connectivity index (χ3v) is 2.80. The summed E-state index contributed by atoms with van der Waals surface area (Å²) in [6.45, 7) is 1.90. The van der Waals surface area contributed by atoms with Crippen LogP contribution in [0.3, 0.4) is 0 Å². The molecule has 1 atom stereocenters. The van der Waals surface area contributed by atoms with Gasteiger partial charge in [0, 0.05) is 12.3 Å². The van der Waals surface area contributed by atoms with Crippen molar-refractivity contribution in [2.24, 2.45) is 0 Å². The molecular weight excluding hydrogens is 238 g/mol. The average molecular weight is 256 g/mol. The number of amides is 1. The van der Waals surface area contributed by atoms with Crippen LogP contribution in [0.4, 0.5) is 0 Å². The molecule has 2 N–H and O–H groups in total. The lowest BCUT2D eigenvalue weighted by Gasteiger charge is -2.14. The number of rotatable bonds is 6. The molecule has 1 aromatic carbocycles. The van der Waals surface area contributed by atoms with E-state index in [1.54, 1.807) is 18.2 Å². The van der Waals surface area contributed by atoms with Crippen molar-refractivity contribution in [1.82, 2.24) is 5.32 Å². The summed E-state index contributed by atoms with van der Waals surface area (Å²) in [5.41, 5.74) is 0.899. The molecular formula is C13H18ClNO2. The summed E-state index contributed by atoms with van der Waals surface area (Å²) in [6.07, 6.45) is 2.16. The molecule has 94 valence electrons. The highest BCUT2D eigenvalue weighted by molar-refractivity contribution is 6.17. The lowest BCUT2D eigenvalue weighted by atomic mass is 10.1. The van der Waals surface area contributed by atoms with Crippen molar-refractivity contribution < 1.29 is 9.90 Å². The minimum atomic E-state index is -0.0920. The lowest BCUT2D eigenvalue weighted by molar-refractivity contribution is -0.121. The molecule has 1 unspecified atom stereocenters. The minimum Gasteiger partial charge on any atom is -0.508 e. The third-order valence-electron chi connectivity index (χ3n) is 2.54. The van der Waals surface area contributed by atoms with Gasteiger partial charge in [-0.15, -0.1) is 11.6 Å². The second-order valence-electron chi connectivity index (χ2n) is 4.03. The molecule has 0 fully saturated rings. The van der Waals surface area contributed by atoms with Gasteiger partial charge in [0.05, 0.1) is 6.04 Å². The summed E-state index contributed by atoms with van der Waals surface area (Å²) in [5.74, 6) is 0.826. The maximum absolute atomic E-state index is 11.6. The smallest absolute Gasteiger partial charge is 0.220 e. The molecule has 0 spiro atoms. The number of phenols is 1. The molecule has 3 nitrogen and oxygen atoms in total. The third kappa shape index (κ3) is 5.09. The first-order valence-electron chi connectivity index (χ1n) is 5.77. The molecule has 0 aliphatic carbocycles. The highest BCUT2D eigenvalue weighted by Gasteiger charge is 2.09. The Hall–Kier alpha value is -1.22. The van der Waals surface area contributed by atoms with Crippen LogP contribution < -0.4 is 5.32 Å². The summed E-state index contributed by atoms with van der Waals surface area (Å²) in [7, 11) is 0. The van der Waals surface area contributed by atoms with Gasteiger partial charge >= 0.3 is 0 Å². The number of unbranched alkanes of at least 4 members (excludes halogenated alkanes) is 1. The van der Waals surface area contributed by atoms with Gasteiger partial charge in [-0.2, -0.15) is 0 Å². The van der Waals surface area contributed by atoms with E-state index >= 15 is 0 Å². The molecule has 1 aromatic rings. The summed E-state index contributed by atoms with van der Waals surface area (Å²) in [6, 6.07) is 6.82. The first kappa shape index (κ1) is 13.8. The topological polar surface area (TPSA) is 49.3 Å². The molecule has 17 heavy (non-hydrogen) atoms. The largest absolute Gasteiger partial charge is 0.508 e. The number of aromatic hydroxyl groups is 1. The molecule has 0 saturated carbocycles. The molecule has 0 radical (unpaired) electrons. The van der Waals surface area contributed by atoms with Gasteiger partial charge in [0.25, 0.3) is 0 Å². The number of nitrogens with one attached hydrogen (secondary N) is 1. The Morgan fingerprint density at radius 3 is 2.88 bits per heavy atom. The molecule has 0 aromatic heterocycles. The van der Waals surface area contributed by atoms with Crippen LogP contribution in [0.2, 0.25) is 0 Å². The van der Waals surface area contributed by atoms with Crippen molar-refractivity contribution in [3.63, 3.8) is 0 Å². The molecule has 0 aliphatic heterocycles. The Bertz CT molecular complexity index is 368. The van der Waals surface area contributed by atoms with Gasteiger partial charge in [0.15, 0.2) is 0 Å². The number of alkyl halides is 1. The zero-order chi connectivity index (χ0) is 12.7. The van der Waals surface area contributed by atoms with Crippen molar-refractivity contribution in [3.8, 4) is 5.75 Å². The Kier molecular flexibility index (Phi) is 5.84. The van der Waals surface area contributed by atoms with Gasteiger partial charge in [-0.25, -0.2) is 0 Å². The van der Waals surface area contributed by atoms with Crippen LogP contribution in [0.25, 0.3) is 0 Å². The highest BCUT2D eigenvalue weighted by Crippen LogP contribution is 2.17. The van der Waals surface area contributed by atoms with E-state index in [2.05, 4.69) is 5.32 Å². The Labute approximate surface area is 107 Å². The summed E-state index contributed by atoms with van der Waals surface area (Å²) in [5, 5.41) is 12.2. The SMILES string of the molecule is CC(NC(=O)CCCCCl)c1cccc(O)c1. The van der Waals surface area contributed by atoms with Gasteiger partial charge in [-0.1, -0.05) is 12.1 Å². The second-order valence-corrected chi connectivity index (χ2v) is 4.41. The van der Waals surface area contributed by atoms with E-state index in [-0.39, 0.29) is 17.7 Å². The standard InChI is InChI=1S/C13H18ClNO2/c1-10(11-5-4-6-12(16)9-11)15-13(17)7-2-3-8-14/h4-6,9-10,16H,2-3,7-8H2,1H3,(H,15,17). The van der Waals surface area contributed by atoms with E-state index in [0.29, 0.717) is 12.3 Å². The number of hydrogen-bond donors (Lipinski definition) is 2. The van der Waals surface area contributed by atoms with Gasteiger partial charge in [-0.05, 0) is 37.5 Å². The lowest BCUT2D eigenvalue weighted by Crippen LogP contribution is -2.26. The molecule has 4 heteroatoms. The first-order valence-corrected chi connectivity index (χ1v) is 6.31. The van der Waals surface area contributed by atoms with Gasteiger partial charge in [0.1, 0.15) is 5.75 Å². The molecule has 1 rings (SSSR count). The fourth-order valence-electron chi connectivity index (χ4n) is 1.57. The van der Waals surface area contributed by atoms with Crippen molar-refractivity contribution in [3.05, 3.63) is 29.8 Å². The Morgan fingerprint density at radius 2 is 2.24 bits per heavy atom. The number of halogens is 1. The van der Waals surface area contributed by atoms with Crippen molar-refractivity contribution in [2.75, 3.05) is 5.88 Å². The van der Waals surface area contributed by atoms with E-state index in [1.807, 2.05) is 13.0 Å². The molecule has 0 saturated heterocycles. The van der Waals surface area contributed by atoms with Crippen molar-refractivity contribution in [1.29, 1.82) is 0 Å². The Morgan fingerprint density at radius 1 is 1.47 bits per heavy atom. The predicted molar refractivity (Wildman–Crippen MR) is 69.2 cm³/mol. The van der Waals surface area contributed by atoms with Crippen molar-refractivity contribution >= 4 is 17.5 Å². The highest BCUT2D eigenvalue weighted by atomic mass is 35.5. The van der Waals surface area contributed by atoms with Gasteiger partial charge < -0.3 is 10.4 Å². The minimum absolute atomic E-state index is 0.0194. The maximum Gasteiger partial charge on any atom is 0.220 e. The predicted octanol–water partition coefficient (Wildman–Crippen LogP) is 2.98. The normalized spacial score (nSPS) is 12.1. The molecule has 1 amide bonds. The van der Waals surface area contributed by atoms with Crippen LogP contribution in [-0.4, -0.2) is 16.9 Å². The zero-order valence-corrected chi connectivity index (χ0v) is 10.7. The first-order chi connectivity index (χ1) is 8.13. The van der Waals surface area contributed by atoms with E-state index in [0.717, 1.165) is 18.4 Å². The summed E-state index contributed by atoms with van der Waals surface area (Å²) >= 11 is 5.54. The van der Waals surface area contributed by atoms with E-state index < -0.39 is 0 Å². The van der Waals surface area contributed by atoms with Crippen LogP contribution in [0.15, 0.2) is 24.3 Å². The van der Waals surface area contributed by atoms with Gasteiger partial charge in [-0.3, -0.25) is 4.79 Å². The van der Waals surface area contributed by atoms with Crippen LogP contribution in [-0.2, 0) is 4.79 Å². The van der Waals surface area contributed by atoms with Crippen LogP contribution >= 0.6 is 11.6 Å². The summed E-state index contributed by atoms with van der Waals surface area (Å²) < 4.78 is 0. The van der Waals surface area contributed by atoms with Gasteiger partial charge in [0.2, 0.25) is 5.91 Å². The zero-order valence-electron chi connectivity index (χ0n) is 9.95. The van der Waals surface area contributed by atoms with Crippen LogP contribution in [0.5, 0.6) is 5.75 Å². The number of carbonyl (C=O) groups is 1. The van der Waals surface area contributed by atoms with E-state index in [9.17, 15) is 9.90 Å². The van der Waals surface area contributed by atoms with Crippen molar-refractivity contribution in [2.45, 2.75) is 32.2 Å². The number of hydrogen-bond acceptors (Lipinski definition) is 2. The molecule has 0 aliphatic rings. The Balaban J connectivity index is 2.43. The monoisotopic (exact) mass is 255 g/mol. The fraction of sp³-hybridized carbons (Fsp3) is 0.462. The number of benzene rings is 1. The second kappa shape index (κ2) is 7.17. The average Bonchev–Trinajstić information content (AvgIpc) is 2.29.